The standard InChI is InChI=1S/C17H24N2O2/c1-12-3-6-16(9-13(12)2)21-11-17(20)19-8-7-14-4-5-15(10-19)18-14/h3,6,9,14-15,18H,4-5,7-8,10-11H2,1-2H3. The molecular weight excluding hydrogens is 264 g/mol. The highest BCUT2D eigenvalue weighted by Crippen LogP contribution is 2.21. The molecule has 0 aliphatic carbocycles. The molecule has 2 bridgehead atoms. The highest BCUT2D eigenvalue weighted by atomic mass is 16.5. The number of aryl methyl sites for hydroxylation is 2. The first-order chi connectivity index (χ1) is 10.1. The molecule has 2 atom stereocenters. The van der Waals surface area contributed by atoms with Crippen molar-refractivity contribution in [3.05, 3.63) is 29.3 Å². The van der Waals surface area contributed by atoms with E-state index in [1.807, 2.05) is 23.1 Å². The second-order valence-electron chi connectivity index (χ2n) is 6.30. The maximum absolute atomic E-state index is 12.3. The molecule has 2 aliphatic heterocycles. The average Bonchev–Trinajstić information content (AvgIpc) is 2.79. The van der Waals surface area contributed by atoms with Gasteiger partial charge in [0, 0.05) is 25.2 Å². The number of amides is 1. The van der Waals surface area contributed by atoms with Crippen LogP contribution < -0.4 is 10.1 Å². The number of benzene rings is 1. The number of fused-ring (bicyclic) bond motifs is 2. The molecule has 1 aromatic rings. The lowest BCUT2D eigenvalue weighted by atomic mass is 10.1. The molecule has 3 rings (SSSR count). The number of rotatable bonds is 3. The largest absolute Gasteiger partial charge is 0.484 e. The van der Waals surface area contributed by atoms with E-state index in [1.165, 1.54) is 24.0 Å². The predicted octanol–water partition coefficient (Wildman–Crippen LogP) is 2.04. The normalized spacial score (nSPS) is 24.8. The van der Waals surface area contributed by atoms with Crippen LogP contribution in [0, 0.1) is 13.8 Å². The zero-order valence-electron chi connectivity index (χ0n) is 12.9. The molecule has 1 amide bonds. The molecule has 4 nitrogen and oxygen atoms in total. The number of nitrogens with zero attached hydrogens (tertiary/aromatic N) is 1. The summed E-state index contributed by atoms with van der Waals surface area (Å²) >= 11 is 0. The van der Waals surface area contributed by atoms with Crippen molar-refractivity contribution in [1.82, 2.24) is 10.2 Å². The van der Waals surface area contributed by atoms with E-state index in [-0.39, 0.29) is 12.5 Å². The lowest BCUT2D eigenvalue weighted by Gasteiger charge is -2.24. The maximum Gasteiger partial charge on any atom is 0.260 e. The van der Waals surface area contributed by atoms with Crippen molar-refractivity contribution in [3.8, 4) is 5.75 Å². The van der Waals surface area contributed by atoms with Crippen LogP contribution in [0.25, 0.3) is 0 Å². The van der Waals surface area contributed by atoms with Gasteiger partial charge >= 0.3 is 0 Å². The maximum atomic E-state index is 12.3. The van der Waals surface area contributed by atoms with E-state index in [1.54, 1.807) is 0 Å². The first-order valence-electron chi connectivity index (χ1n) is 7.85. The van der Waals surface area contributed by atoms with Crippen LogP contribution in [-0.2, 0) is 4.79 Å². The molecule has 0 radical (unpaired) electrons. The van der Waals surface area contributed by atoms with Crippen molar-refractivity contribution in [2.45, 2.75) is 45.2 Å². The smallest absolute Gasteiger partial charge is 0.260 e. The SMILES string of the molecule is Cc1ccc(OCC(=O)N2CCC3CCC(C2)N3)cc1C. The van der Waals surface area contributed by atoms with Crippen molar-refractivity contribution in [2.24, 2.45) is 0 Å². The number of hydrogen-bond acceptors (Lipinski definition) is 3. The van der Waals surface area contributed by atoms with Crippen molar-refractivity contribution < 1.29 is 9.53 Å². The molecule has 4 heteroatoms. The van der Waals surface area contributed by atoms with E-state index < -0.39 is 0 Å². The third-order valence-electron chi connectivity index (χ3n) is 4.72. The van der Waals surface area contributed by atoms with Gasteiger partial charge in [0.15, 0.2) is 6.61 Å². The third kappa shape index (κ3) is 3.38. The van der Waals surface area contributed by atoms with E-state index in [4.69, 9.17) is 4.74 Å². The molecule has 21 heavy (non-hydrogen) atoms. The van der Waals surface area contributed by atoms with Crippen LogP contribution in [0.5, 0.6) is 5.75 Å². The van der Waals surface area contributed by atoms with Gasteiger partial charge in [-0.05, 0) is 56.4 Å². The van der Waals surface area contributed by atoms with Crippen molar-refractivity contribution in [3.63, 3.8) is 0 Å². The Morgan fingerprint density at radius 1 is 1.24 bits per heavy atom. The van der Waals surface area contributed by atoms with Gasteiger partial charge in [-0.3, -0.25) is 4.79 Å². The monoisotopic (exact) mass is 288 g/mol. The molecule has 0 saturated carbocycles. The fourth-order valence-corrected chi connectivity index (χ4v) is 3.21. The number of nitrogens with one attached hydrogen (secondary N) is 1. The van der Waals surface area contributed by atoms with Gasteiger partial charge in [-0.1, -0.05) is 6.07 Å². The number of carbonyl (C=O) groups excluding carboxylic acids is 1. The molecule has 2 unspecified atom stereocenters. The topological polar surface area (TPSA) is 41.6 Å². The van der Waals surface area contributed by atoms with Gasteiger partial charge in [0.05, 0.1) is 0 Å². The Bertz CT molecular complexity index is 530. The van der Waals surface area contributed by atoms with Gasteiger partial charge < -0.3 is 15.0 Å². The van der Waals surface area contributed by atoms with E-state index in [9.17, 15) is 4.79 Å². The lowest BCUT2D eigenvalue weighted by Crippen LogP contribution is -2.41. The molecule has 1 aromatic carbocycles. The Morgan fingerprint density at radius 2 is 2.05 bits per heavy atom. The predicted molar refractivity (Wildman–Crippen MR) is 82.6 cm³/mol. The van der Waals surface area contributed by atoms with Crippen molar-refractivity contribution in [2.75, 3.05) is 19.7 Å². The summed E-state index contributed by atoms with van der Waals surface area (Å²) in [7, 11) is 0. The summed E-state index contributed by atoms with van der Waals surface area (Å²) in [5.74, 6) is 0.878. The average molecular weight is 288 g/mol. The Labute approximate surface area is 126 Å². The third-order valence-corrected chi connectivity index (χ3v) is 4.72. The fourth-order valence-electron chi connectivity index (χ4n) is 3.21. The van der Waals surface area contributed by atoms with Gasteiger partial charge in [0.25, 0.3) is 5.91 Å². The molecule has 114 valence electrons. The van der Waals surface area contributed by atoms with Crippen molar-refractivity contribution in [1.29, 1.82) is 0 Å². The Kier molecular flexibility index (Phi) is 4.15. The second-order valence-corrected chi connectivity index (χ2v) is 6.30. The van der Waals surface area contributed by atoms with Crippen LogP contribution in [0.3, 0.4) is 0 Å². The van der Waals surface area contributed by atoms with Crippen LogP contribution in [-0.4, -0.2) is 42.6 Å². The number of hydrogen-bond donors (Lipinski definition) is 1. The van der Waals surface area contributed by atoms with Crippen LogP contribution in [0.2, 0.25) is 0 Å². The van der Waals surface area contributed by atoms with Gasteiger partial charge in [-0.15, -0.1) is 0 Å². The highest BCUT2D eigenvalue weighted by molar-refractivity contribution is 5.77. The van der Waals surface area contributed by atoms with E-state index >= 15 is 0 Å². The van der Waals surface area contributed by atoms with Gasteiger partial charge in [0.2, 0.25) is 0 Å². The van der Waals surface area contributed by atoms with Gasteiger partial charge in [0.1, 0.15) is 5.75 Å². The summed E-state index contributed by atoms with van der Waals surface area (Å²) in [4.78, 5) is 14.3. The van der Waals surface area contributed by atoms with E-state index in [0.29, 0.717) is 12.1 Å². The minimum Gasteiger partial charge on any atom is -0.484 e. The van der Waals surface area contributed by atoms with Gasteiger partial charge in [-0.25, -0.2) is 0 Å². The van der Waals surface area contributed by atoms with Crippen LogP contribution in [0.1, 0.15) is 30.4 Å². The zero-order chi connectivity index (χ0) is 14.8. The van der Waals surface area contributed by atoms with Crippen LogP contribution in [0.15, 0.2) is 18.2 Å². The first kappa shape index (κ1) is 14.4. The molecular formula is C17H24N2O2. The Balaban J connectivity index is 1.55. The first-order valence-corrected chi connectivity index (χ1v) is 7.85. The molecule has 2 fully saturated rings. The van der Waals surface area contributed by atoms with E-state index in [0.717, 1.165) is 25.3 Å². The van der Waals surface area contributed by atoms with Crippen molar-refractivity contribution >= 4 is 5.91 Å². The summed E-state index contributed by atoms with van der Waals surface area (Å²) < 4.78 is 5.67. The quantitative estimate of drug-likeness (QED) is 0.925. The zero-order valence-corrected chi connectivity index (χ0v) is 12.9. The fraction of sp³-hybridized carbons (Fsp3) is 0.588. The second kappa shape index (κ2) is 6.06. The Hall–Kier alpha value is -1.55. The summed E-state index contributed by atoms with van der Waals surface area (Å²) in [6.07, 6.45) is 3.50. The summed E-state index contributed by atoms with van der Waals surface area (Å²) in [6, 6.07) is 7.04. The molecule has 2 saturated heterocycles. The molecule has 0 aromatic heterocycles. The molecule has 1 N–H and O–H groups in total. The minimum atomic E-state index is 0.0996. The van der Waals surface area contributed by atoms with Crippen LogP contribution in [0.4, 0.5) is 0 Å². The van der Waals surface area contributed by atoms with Crippen LogP contribution >= 0.6 is 0 Å². The van der Waals surface area contributed by atoms with Gasteiger partial charge in [-0.2, -0.15) is 0 Å². The number of carbonyl (C=O) groups is 1. The summed E-state index contributed by atoms with van der Waals surface area (Å²) in [6.45, 7) is 5.94. The number of likely N-dealkylation sites (tertiary alicyclic amines) is 1. The minimum absolute atomic E-state index is 0.0996. The summed E-state index contributed by atoms with van der Waals surface area (Å²) in [5, 5.41) is 3.59. The van der Waals surface area contributed by atoms with E-state index in [2.05, 4.69) is 19.2 Å². The molecule has 2 heterocycles. The number of ether oxygens (including phenoxy) is 1. The summed E-state index contributed by atoms with van der Waals surface area (Å²) in [5.41, 5.74) is 2.43. The molecule has 0 spiro atoms. The molecule has 2 aliphatic rings. The Morgan fingerprint density at radius 3 is 2.86 bits per heavy atom. The highest BCUT2D eigenvalue weighted by Gasteiger charge is 2.31. The lowest BCUT2D eigenvalue weighted by molar-refractivity contribution is -0.133.